The first-order valence-electron chi connectivity index (χ1n) is 5.78. The van der Waals surface area contributed by atoms with Crippen molar-refractivity contribution < 1.29 is 14.6 Å². The van der Waals surface area contributed by atoms with E-state index in [1.807, 2.05) is 19.1 Å². The highest BCUT2D eigenvalue weighted by atomic mass is 35.5. The van der Waals surface area contributed by atoms with Gasteiger partial charge in [0.05, 0.1) is 0 Å². The first kappa shape index (κ1) is 13.4. The molecule has 2 aromatic carbocycles. The van der Waals surface area contributed by atoms with Crippen molar-refractivity contribution in [2.45, 2.75) is 13.0 Å². The van der Waals surface area contributed by atoms with Crippen molar-refractivity contribution >= 4 is 17.6 Å². The van der Waals surface area contributed by atoms with Crippen LogP contribution in [-0.4, -0.2) is 11.1 Å². The lowest BCUT2D eigenvalue weighted by Crippen LogP contribution is -2.18. The van der Waals surface area contributed by atoms with E-state index in [4.69, 9.17) is 16.3 Å². The molecule has 0 saturated heterocycles. The van der Waals surface area contributed by atoms with Gasteiger partial charge in [-0.2, -0.15) is 0 Å². The normalized spacial score (nSPS) is 11.9. The molecule has 0 aliphatic rings. The topological polar surface area (TPSA) is 46.5 Å². The van der Waals surface area contributed by atoms with Crippen molar-refractivity contribution in [3.05, 3.63) is 64.7 Å². The number of ether oxygens (including phenoxy) is 1. The Bertz CT molecular complexity index is 595. The van der Waals surface area contributed by atoms with Crippen LogP contribution in [0.3, 0.4) is 0 Å². The third-order valence-electron chi connectivity index (χ3n) is 2.62. The molecular weight excluding hydrogens is 264 g/mol. The number of halogens is 1. The number of carbonyl (C=O) groups is 1. The van der Waals surface area contributed by atoms with E-state index >= 15 is 0 Å². The molecule has 0 spiro atoms. The van der Waals surface area contributed by atoms with Gasteiger partial charge in [-0.1, -0.05) is 35.9 Å². The number of hydrogen-bond donors (Lipinski definition) is 1. The standard InChI is InChI=1S/C15H13ClO3/c1-10-4-2-7-13(8-10)19-14(15(17)18)11-5-3-6-12(16)9-11/h2-9,14H,1H3,(H,17,18). The van der Waals surface area contributed by atoms with Crippen LogP contribution < -0.4 is 4.74 Å². The average Bonchev–Trinajstić information content (AvgIpc) is 2.35. The molecule has 0 saturated carbocycles. The van der Waals surface area contributed by atoms with E-state index in [1.165, 1.54) is 0 Å². The van der Waals surface area contributed by atoms with E-state index in [-0.39, 0.29) is 0 Å². The number of aryl methyl sites for hydroxylation is 1. The minimum atomic E-state index is -1.07. The number of aliphatic carboxylic acids is 1. The summed E-state index contributed by atoms with van der Waals surface area (Å²) in [4.78, 5) is 11.3. The van der Waals surface area contributed by atoms with E-state index in [2.05, 4.69) is 0 Å². The van der Waals surface area contributed by atoms with Gasteiger partial charge in [-0.3, -0.25) is 0 Å². The molecule has 1 unspecified atom stereocenters. The maximum absolute atomic E-state index is 11.3. The van der Waals surface area contributed by atoms with E-state index < -0.39 is 12.1 Å². The minimum absolute atomic E-state index is 0.483. The van der Waals surface area contributed by atoms with Gasteiger partial charge in [-0.15, -0.1) is 0 Å². The molecule has 2 rings (SSSR count). The van der Waals surface area contributed by atoms with Crippen LogP contribution in [0.1, 0.15) is 17.2 Å². The summed E-state index contributed by atoms with van der Waals surface area (Å²) in [7, 11) is 0. The Balaban J connectivity index is 2.29. The predicted molar refractivity (Wildman–Crippen MR) is 73.6 cm³/mol. The largest absolute Gasteiger partial charge is 0.478 e. The SMILES string of the molecule is Cc1cccc(OC(C(=O)O)c2cccc(Cl)c2)c1. The van der Waals surface area contributed by atoms with Crippen molar-refractivity contribution in [2.75, 3.05) is 0 Å². The first-order valence-corrected chi connectivity index (χ1v) is 6.15. The lowest BCUT2D eigenvalue weighted by atomic mass is 10.1. The Morgan fingerprint density at radius 1 is 1.21 bits per heavy atom. The zero-order valence-corrected chi connectivity index (χ0v) is 11.1. The van der Waals surface area contributed by atoms with Gasteiger partial charge in [0, 0.05) is 10.6 Å². The van der Waals surface area contributed by atoms with Crippen LogP contribution >= 0.6 is 11.6 Å². The van der Waals surface area contributed by atoms with Crippen LogP contribution in [0.5, 0.6) is 5.75 Å². The molecule has 4 heteroatoms. The molecule has 0 bridgehead atoms. The molecule has 0 aromatic heterocycles. The van der Waals surface area contributed by atoms with Crippen molar-refractivity contribution in [2.24, 2.45) is 0 Å². The zero-order valence-electron chi connectivity index (χ0n) is 10.3. The Morgan fingerprint density at radius 3 is 2.58 bits per heavy atom. The second-order valence-corrected chi connectivity index (χ2v) is 4.64. The monoisotopic (exact) mass is 276 g/mol. The first-order chi connectivity index (χ1) is 9.06. The highest BCUT2D eigenvalue weighted by Crippen LogP contribution is 2.25. The molecule has 19 heavy (non-hydrogen) atoms. The molecule has 0 fully saturated rings. The number of benzene rings is 2. The molecule has 0 heterocycles. The molecule has 2 aromatic rings. The summed E-state index contributed by atoms with van der Waals surface area (Å²) in [5.41, 5.74) is 1.52. The van der Waals surface area contributed by atoms with Gasteiger partial charge in [0.1, 0.15) is 5.75 Å². The molecule has 0 aliphatic carbocycles. The molecule has 1 N–H and O–H groups in total. The molecule has 0 aliphatic heterocycles. The van der Waals surface area contributed by atoms with Crippen LogP contribution in [0.2, 0.25) is 5.02 Å². The van der Waals surface area contributed by atoms with Crippen molar-refractivity contribution in [1.82, 2.24) is 0 Å². The molecular formula is C15H13ClO3. The van der Waals surface area contributed by atoms with Gasteiger partial charge in [0.25, 0.3) is 0 Å². The summed E-state index contributed by atoms with van der Waals surface area (Å²) in [6, 6.07) is 13.9. The molecule has 0 radical (unpaired) electrons. The predicted octanol–water partition coefficient (Wildman–Crippen LogP) is 3.85. The smallest absolute Gasteiger partial charge is 0.349 e. The number of carboxylic acid groups (broad SMARTS) is 1. The van der Waals surface area contributed by atoms with Crippen molar-refractivity contribution in [1.29, 1.82) is 0 Å². The third kappa shape index (κ3) is 3.48. The van der Waals surface area contributed by atoms with E-state index in [0.29, 0.717) is 16.3 Å². The van der Waals surface area contributed by atoms with Crippen LogP contribution in [0.25, 0.3) is 0 Å². The average molecular weight is 277 g/mol. The van der Waals surface area contributed by atoms with Gasteiger partial charge in [-0.25, -0.2) is 4.79 Å². The fourth-order valence-electron chi connectivity index (χ4n) is 1.76. The lowest BCUT2D eigenvalue weighted by molar-refractivity contribution is -0.145. The Hall–Kier alpha value is -2.00. The Labute approximate surface area is 116 Å². The van der Waals surface area contributed by atoms with Crippen LogP contribution in [0, 0.1) is 6.92 Å². The summed E-state index contributed by atoms with van der Waals surface area (Å²) in [5, 5.41) is 9.76. The number of rotatable bonds is 4. The maximum atomic E-state index is 11.3. The fraction of sp³-hybridized carbons (Fsp3) is 0.133. The molecule has 0 amide bonds. The Morgan fingerprint density at radius 2 is 1.95 bits per heavy atom. The highest BCUT2D eigenvalue weighted by molar-refractivity contribution is 6.30. The van der Waals surface area contributed by atoms with E-state index in [9.17, 15) is 9.90 Å². The van der Waals surface area contributed by atoms with Gasteiger partial charge in [-0.05, 0) is 36.8 Å². The summed E-state index contributed by atoms with van der Waals surface area (Å²) in [5.74, 6) is -0.531. The van der Waals surface area contributed by atoms with E-state index in [0.717, 1.165) is 5.56 Å². The second-order valence-electron chi connectivity index (χ2n) is 4.21. The number of hydrogen-bond acceptors (Lipinski definition) is 2. The minimum Gasteiger partial charge on any atom is -0.478 e. The van der Waals surface area contributed by atoms with Crippen LogP contribution in [-0.2, 0) is 4.79 Å². The number of carboxylic acids is 1. The summed E-state index contributed by atoms with van der Waals surface area (Å²) < 4.78 is 5.54. The summed E-state index contributed by atoms with van der Waals surface area (Å²) >= 11 is 5.87. The lowest BCUT2D eigenvalue weighted by Gasteiger charge is -2.16. The van der Waals surface area contributed by atoms with Gasteiger partial charge >= 0.3 is 5.97 Å². The van der Waals surface area contributed by atoms with Crippen molar-refractivity contribution in [3.8, 4) is 5.75 Å². The van der Waals surface area contributed by atoms with Crippen LogP contribution in [0.4, 0.5) is 0 Å². The van der Waals surface area contributed by atoms with Crippen molar-refractivity contribution in [3.63, 3.8) is 0 Å². The van der Waals surface area contributed by atoms with Gasteiger partial charge in [0.15, 0.2) is 0 Å². The van der Waals surface area contributed by atoms with Gasteiger partial charge in [0.2, 0.25) is 6.10 Å². The Kier molecular flexibility index (Phi) is 4.07. The third-order valence-corrected chi connectivity index (χ3v) is 2.85. The fourth-order valence-corrected chi connectivity index (χ4v) is 1.95. The van der Waals surface area contributed by atoms with Gasteiger partial charge < -0.3 is 9.84 Å². The summed E-state index contributed by atoms with van der Waals surface area (Å²) in [6.07, 6.45) is -1.07. The zero-order chi connectivity index (χ0) is 13.8. The quantitative estimate of drug-likeness (QED) is 0.922. The molecule has 98 valence electrons. The maximum Gasteiger partial charge on any atom is 0.349 e. The van der Waals surface area contributed by atoms with E-state index in [1.54, 1.807) is 36.4 Å². The van der Waals surface area contributed by atoms with Crippen LogP contribution in [0.15, 0.2) is 48.5 Å². The second kappa shape index (κ2) is 5.76. The molecule has 1 atom stereocenters. The summed E-state index contributed by atoms with van der Waals surface area (Å²) in [6.45, 7) is 1.92. The molecule has 3 nitrogen and oxygen atoms in total. The highest BCUT2D eigenvalue weighted by Gasteiger charge is 2.22.